The summed E-state index contributed by atoms with van der Waals surface area (Å²) < 4.78 is 78.3. The van der Waals surface area contributed by atoms with Crippen LogP contribution in [0.5, 0.6) is 5.75 Å². The molecular formula is C20H17ClF5N3O3. The monoisotopic (exact) mass is 477 g/mol. The number of halogens is 6. The molecule has 1 aromatic heterocycles. The Balaban J connectivity index is 2.00. The van der Waals surface area contributed by atoms with E-state index in [2.05, 4.69) is 14.7 Å². The van der Waals surface area contributed by atoms with Crippen molar-refractivity contribution < 1.29 is 36.2 Å². The number of hydrogen-bond donors (Lipinski definition) is 1. The minimum Gasteiger partial charge on any atom is -0.494 e. The van der Waals surface area contributed by atoms with E-state index in [9.17, 15) is 26.7 Å². The lowest BCUT2D eigenvalue weighted by Gasteiger charge is -2.36. The van der Waals surface area contributed by atoms with Crippen LogP contribution in [0.3, 0.4) is 0 Å². The second-order valence-corrected chi connectivity index (χ2v) is 7.76. The lowest BCUT2D eigenvalue weighted by atomic mass is 9.84. The van der Waals surface area contributed by atoms with Crippen molar-refractivity contribution >= 4 is 23.4 Å². The maximum Gasteiger partial charge on any atom is 0.425 e. The van der Waals surface area contributed by atoms with Gasteiger partial charge in [-0.3, -0.25) is 4.79 Å². The van der Waals surface area contributed by atoms with Gasteiger partial charge >= 0.3 is 6.18 Å². The molecule has 32 heavy (non-hydrogen) atoms. The van der Waals surface area contributed by atoms with Gasteiger partial charge in [-0.15, -0.1) is 0 Å². The van der Waals surface area contributed by atoms with E-state index >= 15 is 0 Å². The molecule has 2 heterocycles. The first-order chi connectivity index (χ1) is 14.8. The predicted molar refractivity (Wildman–Crippen MR) is 105 cm³/mol. The number of carbonyl (C=O) groups is 1. The molecule has 0 radical (unpaired) electrons. The van der Waals surface area contributed by atoms with Gasteiger partial charge in [-0.05, 0) is 24.6 Å². The number of aliphatic imine (C=N–C) groups is 1. The van der Waals surface area contributed by atoms with Crippen molar-refractivity contribution in [3.8, 4) is 5.75 Å². The third-order valence-electron chi connectivity index (χ3n) is 4.90. The molecule has 172 valence electrons. The second kappa shape index (κ2) is 8.53. The summed E-state index contributed by atoms with van der Waals surface area (Å²) >= 11 is 5.82. The fourth-order valence-corrected chi connectivity index (χ4v) is 3.56. The molecule has 0 aliphatic carbocycles. The number of nitrogens with two attached hydrogens (primary N) is 1. The van der Waals surface area contributed by atoms with Crippen LogP contribution in [0.25, 0.3) is 0 Å². The van der Waals surface area contributed by atoms with Gasteiger partial charge in [-0.1, -0.05) is 11.6 Å². The van der Waals surface area contributed by atoms with Crippen LogP contribution in [0.1, 0.15) is 35.0 Å². The average Bonchev–Trinajstić information content (AvgIpc) is 2.68. The number of ketones is 1. The third kappa shape index (κ3) is 4.77. The molecule has 2 aromatic rings. The number of alkyl halides is 3. The van der Waals surface area contributed by atoms with Gasteiger partial charge in [0.25, 0.3) is 6.02 Å². The van der Waals surface area contributed by atoms with Gasteiger partial charge < -0.3 is 15.2 Å². The van der Waals surface area contributed by atoms with E-state index in [1.807, 2.05) is 0 Å². The highest BCUT2D eigenvalue weighted by Gasteiger charge is 2.50. The topological polar surface area (TPSA) is 86.8 Å². The number of aromatic nitrogens is 1. The summed E-state index contributed by atoms with van der Waals surface area (Å²) in [4.78, 5) is 20.4. The normalized spacial score (nSPS) is 21.0. The van der Waals surface area contributed by atoms with Crippen LogP contribution < -0.4 is 10.5 Å². The molecule has 1 aliphatic rings. The number of benzene rings is 1. The summed E-state index contributed by atoms with van der Waals surface area (Å²) in [5, 5.41) is 0.218. The molecule has 0 spiro atoms. The van der Waals surface area contributed by atoms with E-state index in [0.29, 0.717) is 0 Å². The van der Waals surface area contributed by atoms with Crippen molar-refractivity contribution in [3.05, 3.63) is 57.9 Å². The van der Waals surface area contributed by atoms with E-state index in [1.165, 1.54) is 26.3 Å². The summed E-state index contributed by atoms with van der Waals surface area (Å²) in [5.41, 5.74) is 2.91. The Hall–Kier alpha value is -2.95. The first-order valence-electron chi connectivity index (χ1n) is 9.14. The molecule has 1 aliphatic heterocycles. The van der Waals surface area contributed by atoms with Crippen LogP contribution in [-0.4, -0.2) is 36.2 Å². The quantitative estimate of drug-likeness (QED) is 0.512. The number of hydrogen-bond acceptors (Lipinski definition) is 6. The van der Waals surface area contributed by atoms with Gasteiger partial charge in [0.1, 0.15) is 11.4 Å². The van der Waals surface area contributed by atoms with Crippen LogP contribution in [0, 0.1) is 11.6 Å². The minimum absolute atomic E-state index is 0.00671. The zero-order valence-corrected chi connectivity index (χ0v) is 17.5. The summed E-state index contributed by atoms with van der Waals surface area (Å²) in [6, 6.07) is 2.40. The number of ether oxygens (including phenoxy) is 2. The second-order valence-electron chi connectivity index (χ2n) is 7.32. The SMILES string of the molecule is COc1cc(Cl)cnc1C(=O)Cc1cc(F)c(F)c([C@]2(C)C[C@@H](C(F)(F)F)OC(N)=N2)c1. The number of pyridine rings is 1. The number of nitrogens with zero attached hydrogens (tertiary/aromatic N) is 2. The average molecular weight is 478 g/mol. The van der Waals surface area contributed by atoms with Crippen molar-refractivity contribution in [3.63, 3.8) is 0 Å². The fourth-order valence-electron chi connectivity index (χ4n) is 3.41. The van der Waals surface area contributed by atoms with Crippen LogP contribution in [0.15, 0.2) is 29.4 Å². The Morgan fingerprint density at radius 1 is 1.34 bits per heavy atom. The predicted octanol–water partition coefficient (Wildman–Crippen LogP) is 4.33. The number of Topliss-reactive ketones (excluding diaryl/α,β-unsaturated/α-hetero) is 1. The molecule has 6 nitrogen and oxygen atoms in total. The Labute approximate surface area is 184 Å². The van der Waals surface area contributed by atoms with Gasteiger partial charge in [0.05, 0.1) is 17.7 Å². The van der Waals surface area contributed by atoms with Crippen LogP contribution >= 0.6 is 11.6 Å². The summed E-state index contributed by atoms with van der Waals surface area (Å²) in [6.07, 6.45) is -7.23. The highest BCUT2D eigenvalue weighted by atomic mass is 35.5. The van der Waals surface area contributed by atoms with Crippen molar-refractivity contribution in [2.45, 2.75) is 37.6 Å². The standard InChI is InChI=1S/C20H17ClF5N3O3/c1-19(7-15(20(24,25)26)32-18(27)29-19)11-3-9(4-12(22)16(11)23)5-13(30)17-14(31-2)6-10(21)8-28-17/h3-4,6,8,15H,5,7H2,1-2H3,(H2,27,29)/t15-,19-/m0/s1. The van der Waals surface area contributed by atoms with E-state index < -0.39 is 59.7 Å². The van der Waals surface area contributed by atoms with Gasteiger partial charge in [0.2, 0.25) is 0 Å². The largest absolute Gasteiger partial charge is 0.494 e. The molecule has 3 rings (SSSR count). The molecule has 2 atom stereocenters. The molecule has 12 heteroatoms. The third-order valence-corrected chi connectivity index (χ3v) is 5.11. The van der Waals surface area contributed by atoms with Gasteiger partial charge in [-0.2, -0.15) is 13.2 Å². The first kappa shape index (κ1) is 23.7. The molecule has 1 aromatic carbocycles. The fraction of sp³-hybridized carbons (Fsp3) is 0.350. The highest BCUT2D eigenvalue weighted by Crippen LogP contribution is 2.41. The first-order valence-corrected chi connectivity index (χ1v) is 9.51. The van der Waals surface area contributed by atoms with Gasteiger partial charge in [0, 0.05) is 30.7 Å². The van der Waals surface area contributed by atoms with E-state index in [1.54, 1.807) is 0 Å². The van der Waals surface area contributed by atoms with E-state index in [0.717, 1.165) is 12.1 Å². The molecule has 0 saturated heterocycles. The molecule has 0 saturated carbocycles. The lowest BCUT2D eigenvalue weighted by Crippen LogP contribution is -2.46. The van der Waals surface area contributed by atoms with Crippen LogP contribution in [0.4, 0.5) is 22.0 Å². The van der Waals surface area contributed by atoms with Gasteiger partial charge in [-0.25, -0.2) is 18.8 Å². The molecular weight excluding hydrogens is 461 g/mol. The Morgan fingerprint density at radius 2 is 2.03 bits per heavy atom. The Morgan fingerprint density at radius 3 is 2.66 bits per heavy atom. The summed E-state index contributed by atoms with van der Waals surface area (Å²) in [5.74, 6) is -3.28. The van der Waals surface area contributed by atoms with E-state index in [4.69, 9.17) is 22.1 Å². The van der Waals surface area contributed by atoms with Crippen LogP contribution in [0.2, 0.25) is 5.02 Å². The molecule has 2 N–H and O–H groups in total. The van der Waals surface area contributed by atoms with E-state index in [-0.39, 0.29) is 22.0 Å². The molecule has 0 bridgehead atoms. The van der Waals surface area contributed by atoms with Crippen molar-refractivity contribution in [2.75, 3.05) is 7.11 Å². The smallest absolute Gasteiger partial charge is 0.425 e. The van der Waals surface area contributed by atoms with Crippen molar-refractivity contribution in [2.24, 2.45) is 10.7 Å². The summed E-state index contributed by atoms with van der Waals surface area (Å²) in [7, 11) is 1.30. The Bertz CT molecular complexity index is 1090. The van der Waals surface area contributed by atoms with Gasteiger partial charge in [0.15, 0.2) is 23.5 Å². The molecule has 0 unspecified atom stereocenters. The van der Waals surface area contributed by atoms with Crippen molar-refractivity contribution in [1.29, 1.82) is 0 Å². The zero-order valence-electron chi connectivity index (χ0n) is 16.8. The van der Waals surface area contributed by atoms with Crippen molar-refractivity contribution in [1.82, 2.24) is 4.98 Å². The molecule has 0 amide bonds. The number of methoxy groups -OCH3 is 1. The number of amidine groups is 1. The van der Waals surface area contributed by atoms with Crippen LogP contribution in [-0.2, 0) is 16.7 Å². The molecule has 0 fully saturated rings. The number of rotatable bonds is 5. The maximum absolute atomic E-state index is 14.6. The zero-order chi connectivity index (χ0) is 23.8. The Kier molecular flexibility index (Phi) is 6.32. The summed E-state index contributed by atoms with van der Waals surface area (Å²) in [6.45, 7) is 1.17. The highest BCUT2D eigenvalue weighted by molar-refractivity contribution is 6.30. The lowest BCUT2D eigenvalue weighted by molar-refractivity contribution is -0.208. The maximum atomic E-state index is 14.6. The minimum atomic E-state index is -4.80. The number of carbonyl (C=O) groups excluding carboxylic acids is 1.